The minimum absolute atomic E-state index is 0.843. The normalized spacial score (nSPS) is 10.6. The second-order valence-corrected chi connectivity index (χ2v) is 5.02. The highest BCUT2D eigenvalue weighted by Gasteiger charge is 1.91. The maximum absolute atomic E-state index is 5.60. The van der Waals surface area contributed by atoms with E-state index in [2.05, 4.69) is 22.6 Å². The van der Waals surface area contributed by atoms with E-state index in [1.165, 1.54) is 62.2 Å². The molecule has 0 spiro atoms. The highest BCUT2D eigenvalue weighted by atomic mass is 127. The predicted molar refractivity (Wildman–Crippen MR) is 71.2 cm³/mol. The summed E-state index contributed by atoms with van der Waals surface area (Å²) in [7, 11) is 0. The highest BCUT2D eigenvalue weighted by molar-refractivity contribution is 14.1. The predicted octanol–water partition coefficient (Wildman–Crippen LogP) is 5.17. The number of halogens is 2. The summed E-state index contributed by atoms with van der Waals surface area (Å²) >= 11 is 8.06. The highest BCUT2D eigenvalue weighted by Crippen LogP contribution is 2.10. The van der Waals surface area contributed by atoms with E-state index in [1.54, 1.807) is 0 Å². The largest absolute Gasteiger partial charge is 0.127 e. The molecule has 0 aliphatic heterocycles. The van der Waals surface area contributed by atoms with Crippen LogP contribution in [-0.2, 0) is 0 Å². The molecule has 0 atom stereocenters. The molecule has 0 aliphatic rings. The van der Waals surface area contributed by atoms with Crippen molar-refractivity contribution in [2.24, 2.45) is 0 Å². The van der Waals surface area contributed by atoms with Gasteiger partial charge >= 0.3 is 0 Å². The number of rotatable bonds is 10. The quantitative estimate of drug-likeness (QED) is 0.296. The first kappa shape index (κ1) is 14.0. The van der Waals surface area contributed by atoms with Gasteiger partial charge in [0.25, 0.3) is 0 Å². The Kier molecular flexibility index (Phi) is 14.0. The molecular formula is C11H22ClI. The molecule has 0 amide bonds. The Morgan fingerprint density at radius 3 is 1.38 bits per heavy atom. The van der Waals surface area contributed by atoms with Crippen LogP contribution >= 0.6 is 34.2 Å². The molecule has 0 radical (unpaired) electrons. The van der Waals surface area contributed by atoms with E-state index < -0.39 is 0 Å². The van der Waals surface area contributed by atoms with Gasteiger partial charge in [-0.3, -0.25) is 0 Å². The molecule has 0 aromatic rings. The summed E-state index contributed by atoms with van der Waals surface area (Å²) in [4.78, 5) is 0. The van der Waals surface area contributed by atoms with E-state index in [9.17, 15) is 0 Å². The van der Waals surface area contributed by atoms with Crippen LogP contribution in [0.2, 0.25) is 0 Å². The fraction of sp³-hybridized carbons (Fsp3) is 1.00. The lowest BCUT2D eigenvalue weighted by Gasteiger charge is -2.00. The van der Waals surface area contributed by atoms with Crippen LogP contribution in [0.5, 0.6) is 0 Å². The molecule has 0 fully saturated rings. The minimum Gasteiger partial charge on any atom is -0.127 e. The van der Waals surface area contributed by atoms with Gasteiger partial charge in [0.05, 0.1) is 0 Å². The summed E-state index contributed by atoms with van der Waals surface area (Å²) < 4.78 is 1.33. The number of hydrogen-bond donors (Lipinski definition) is 0. The van der Waals surface area contributed by atoms with E-state index in [4.69, 9.17) is 11.6 Å². The lowest BCUT2D eigenvalue weighted by Crippen LogP contribution is -1.82. The lowest BCUT2D eigenvalue weighted by molar-refractivity contribution is 0.574. The van der Waals surface area contributed by atoms with Crippen LogP contribution in [0.4, 0.5) is 0 Å². The van der Waals surface area contributed by atoms with Gasteiger partial charge in [-0.25, -0.2) is 0 Å². The van der Waals surface area contributed by atoms with Gasteiger partial charge in [0.15, 0.2) is 0 Å². The summed E-state index contributed by atoms with van der Waals surface area (Å²) in [6.45, 7) is 0. The standard InChI is InChI=1S/C11H22ClI/c12-10-8-6-4-2-1-3-5-7-9-11-13/h1-11H2. The van der Waals surface area contributed by atoms with Gasteiger partial charge in [-0.15, -0.1) is 11.6 Å². The molecule has 0 aromatic heterocycles. The SMILES string of the molecule is ClCCCCCCCCCCCI. The van der Waals surface area contributed by atoms with Crippen molar-refractivity contribution in [1.82, 2.24) is 0 Å². The van der Waals surface area contributed by atoms with Crippen molar-refractivity contribution in [3.63, 3.8) is 0 Å². The van der Waals surface area contributed by atoms with Crippen molar-refractivity contribution in [2.45, 2.75) is 57.8 Å². The summed E-state index contributed by atoms with van der Waals surface area (Å²) in [6.07, 6.45) is 12.5. The van der Waals surface area contributed by atoms with Crippen molar-refractivity contribution < 1.29 is 0 Å². The molecule has 0 nitrogen and oxygen atoms in total. The molecule has 0 heterocycles. The third-order valence-corrected chi connectivity index (χ3v) is 3.30. The van der Waals surface area contributed by atoms with Gasteiger partial charge in [-0.05, 0) is 17.3 Å². The van der Waals surface area contributed by atoms with Crippen molar-refractivity contribution in [3.8, 4) is 0 Å². The molecule has 2 heteroatoms. The first-order chi connectivity index (χ1) is 6.41. The van der Waals surface area contributed by atoms with Crippen LogP contribution in [0.1, 0.15) is 57.8 Å². The summed E-state index contributed by atoms with van der Waals surface area (Å²) in [5.74, 6) is 0.843. The van der Waals surface area contributed by atoms with E-state index in [0.29, 0.717) is 0 Å². The topological polar surface area (TPSA) is 0 Å². The molecule has 0 bridgehead atoms. The van der Waals surface area contributed by atoms with E-state index in [0.717, 1.165) is 5.88 Å². The molecule has 0 saturated heterocycles. The summed E-state index contributed by atoms with van der Waals surface area (Å²) in [6, 6.07) is 0. The third-order valence-electron chi connectivity index (χ3n) is 2.27. The molecule has 0 rings (SSSR count). The summed E-state index contributed by atoms with van der Waals surface area (Å²) in [5.41, 5.74) is 0. The average Bonchev–Trinajstić information content (AvgIpc) is 2.16. The first-order valence-corrected chi connectivity index (χ1v) is 7.59. The first-order valence-electron chi connectivity index (χ1n) is 5.53. The van der Waals surface area contributed by atoms with Crippen LogP contribution < -0.4 is 0 Å². The van der Waals surface area contributed by atoms with Gasteiger partial charge in [0.2, 0.25) is 0 Å². The zero-order valence-electron chi connectivity index (χ0n) is 8.53. The lowest BCUT2D eigenvalue weighted by atomic mass is 10.1. The van der Waals surface area contributed by atoms with E-state index >= 15 is 0 Å². The van der Waals surface area contributed by atoms with Gasteiger partial charge in [-0.2, -0.15) is 0 Å². The van der Waals surface area contributed by atoms with Crippen molar-refractivity contribution in [2.75, 3.05) is 10.3 Å². The molecule has 80 valence electrons. The monoisotopic (exact) mass is 316 g/mol. The van der Waals surface area contributed by atoms with Crippen LogP contribution in [0.3, 0.4) is 0 Å². The van der Waals surface area contributed by atoms with Crippen LogP contribution in [-0.4, -0.2) is 10.3 Å². The molecule has 0 unspecified atom stereocenters. The Morgan fingerprint density at radius 1 is 0.615 bits per heavy atom. The molecular weight excluding hydrogens is 294 g/mol. The average molecular weight is 317 g/mol. The Balaban J connectivity index is 2.76. The molecule has 0 aromatic carbocycles. The zero-order chi connectivity index (χ0) is 9.78. The number of alkyl halides is 2. The number of hydrogen-bond acceptors (Lipinski definition) is 0. The molecule has 0 N–H and O–H groups in total. The molecule has 13 heavy (non-hydrogen) atoms. The third kappa shape index (κ3) is 13.0. The minimum atomic E-state index is 0.843. The maximum Gasteiger partial charge on any atom is 0.0223 e. The van der Waals surface area contributed by atoms with Crippen LogP contribution in [0, 0.1) is 0 Å². The Labute approximate surface area is 102 Å². The fourth-order valence-corrected chi connectivity index (χ4v) is 2.15. The number of unbranched alkanes of at least 4 members (excludes halogenated alkanes) is 8. The second kappa shape index (κ2) is 13.0. The Morgan fingerprint density at radius 2 is 1.00 bits per heavy atom. The van der Waals surface area contributed by atoms with Crippen LogP contribution in [0.15, 0.2) is 0 Å². The summed E-state index contributed by atoms with van der Waals surface area (Å²) in [5, 5.41) is 0. The van der Waals surface area contributed by atoms with Crippen molar-refractivity contribution in [1.29, 1.82) is 0 Å². The fourth-order valence-electron chi connectivity index (χ4n) is 1.43. The van der Waals surface area contributed by atoms with Crippen molar-refractivity contribution in [3.05, 3.63) is 0 Å². The van der Waals surface area contributed by atoms with Gasteiger partial charge in [-0.1, -0.05) is 67.5 Å². The smallest absolute Gasteiger partial charge is 0.0223 e. The van der Waals surface area contributed by atoms with E-state index in [1.807, 2.05) is 0 Å². The van der Waals surface area contributed by atoms with Crippen molar-refractivity contribution >= 4 is 34.2 Å². The van der Waals surface area contributed by atoms with Gasteiger partial charge in [0.1, 0.15) is 0 Å². The Hall–Kier alpha value is 1.02. The maximum atomic E-state index is 5.60. The van der Waals surface area contributed by atoms with Crippen LogP contribution in [0.25, 0.3) is 0 Å². The second-order valence-electron chi connectivity index (χ2n) is 3.56. The van der Waals surface area contributed by atoms with Gasteiger partial charge in [0, 0.05) is 5.88 Å². The zero-order valence-corrected chi connectivity index (χ0v) is 11.4. The molecule has 0 saturated carbocycles. The Bertz CT molecular complexity index is 76.2. The van der Waals surface area contributed by atoms with Gasteiger partial charge < -0.3 is 0 Å². The van der Waals surface area contributed by atoms with E-state index in [-0.39, 0.29) is 0 Å². The molecule has 0 aliphatic carbocycles.